The van der Waals surface area contributed by atoms with E-state index in [9.17, 15) is 9.59 Å². The highest BCUT2D eigenvalue weighted by molar-refractivity contribution is 7.13. The van der Waals surface area contributed by atoms with Gasteiger partial charge in [0.25, 0.3) is 0 Å². The van der Waals surface area contributed by atoms with Crippen LogP contribution < -0.4 is 9.47 Å². The van der Waals surface area contributed by atoms with E-state index < -0.39 is 5.97 Å². The lowest BCUT2D eigenvalue weighted by atomic mass is 10.2. The molecule has 2 aromatic rings. The molecular weight excluding hydrogens is 356 g/mol. The van der Waals surface area contributed by atoms with Crippen molar-refractivity contribution >= 4 is 23.2 Å². The van der Waals surface area contributed by atoms with Gasteiger partial charge in [0.15, 0.2) is 11.5 Å². The summed E-state index contributed by atoms with van der Waals surface area (Å²) >= 11 is 1.46. The highest BCUT2D eigenvalue weighted by atomic mass is 32.1. The van der Waals surface area contributed by atoms with E-state index in [2.05, 4.69) is 4.98 Å². The third-order valence-corrected chi connectivity index (χ3v) is 4.95. The fraction of sp³-hybridized carbons (Fsp3) is 0.389. The summed E-state index contributed by atoms with van der Waals surface area (Å²) in [6.07, 6.45) is 0.0856. The summed E-state index contributed by atoms with van der Waals surface area (Å²) < 4.78 is 10.7. The number of hydrogen-bond donors (Lipinski definition) is 1. The van der Waals surface area contributed by atoms with Crippen molar-refractivity contribution in [1.29, 1.82) is 0 Å². The Bertz CT molecular complexity index is 818. The predicted molar refractivity (Wildman–Crippen MR) is 96.5 cm³/mol. The highest BCUT2D eigenvalue weighted by Crippen LogP contribution is 2.36. The van der Waals surface area contributed by atoms with Gasteiger partial charge in [-0.3, -0.25) is 9.59 Å². The number of thiazole rings is 1. The largest absolute Gasteiger partial charge is 0.481 e. The van der Waals surface area contributed by atoms with Gasteiger partial charge in [0.2, 0.25) is 12.7 Å². The monoisotopic (exact) mass is 376 g/mol. The minimum Gasteiger partial charge on any atom is -0.481 e. The molecule has 1 aliphatic rings. The van der Waals surface area contributed by atoms with Crippen LogP contribution in [0, 0.1) is 0 Å². The minimum atomic E-state index is -0.915. The molecule has 0 spiro atoms. The van der Waals surface area contributed by atoms with E-state index in [1.807, 2.05) is 37.4 Å². The van der Waals surface area contributed by atoms with Gasteiger partial charge in [0.05, 0.1) is 18.5 Å². The van der Waals surface area contributed by atoms with Gasteiger partial charge in [-0.25, -0.2) is 4.98 Å². The SMILES string of the molecule is CC(C)N(CCC(=O)O)C(=O)Cc1csc(-c2ccc3c(c2)OCO3)n1. The van der Waals surface area contributed by atoms with Crippen molar-refractivity contribution in [2.24, 2.45) is 0 Å². The van der Waals surface area contributed by atoms with E-state index in [4.69, 9.17) is 14.6 Å². The molecule has 1 amide bonds. The second kappa shape index (κ2) is 7.74. The first-order chi connectivity index (χ1) is 12.4. The van der Waals surface area contributed by atoms with Gasteiger partial charge in [0, 0.05) is 23.5 Å². The summed E-state index contributed by atoms with van der Waals surface area (Å²) in [5.74, 6) is 0.368. The molecule has 1 aromatic carbocycles. The van der Waals surface area contributed by atoms with E-state index in [0.29, 0.717) is 17.2 Å². The van der Waals surface area contributed by atoms with Crippen LogP contribution in [0.2, 0.25) is 0 Å². The second-order valence-electron chi connectivity index (χ2n) is 6.21. The van der Waals surface area contributed by atoms with Crippen LogP contribution in [-0.4, -0.2) is 46.2 Å². The van der Waals surface area contributed by atoms with Crippen molar-refractivity contribution in [1.82, 2.24) is 9.88 Å². The number of fused-ring (bicyclic) bond motifs is 1. The molecule has 2 heterocycles. The summed E-state index contributed by atoms with van der Waals surface area (Å²) in [5, 5.41) is 11.5. The number of aromatic nitrogens is 1. The molecule has 0 bridgehead atoms. The molecule has 26 heavy (non-hydrogen) atoms. The lowest BCUT2D eigenvalue weighted by Crippen LogP contribution is -2.39. The average Bonchev–Trinajstić information content (AvgIpc) is 3.22. The van der Waals surface area contributed by atoms with Crippen LogP contribution in [0.3, 0.4) is 0 Å². The quantitative estimate of drug-likeness (QED) is 0.799. The number of carboxylic acid groups (broad SMARTS) is 1. The zero-order valence-electron chi connectivity index (χ0n) is 14.6. The normalized spacial score (nSPS) is 12.4. The number of carboxylic acids is 1. The van der Waals surface area contributed by atoms with E-state index in [0.717, 1.165) is 10.6 Å². The molecule has 0 unspecified atom stereocenters. The lowest BCUT2D eigenvalue weighted by molar-refractivity contribution is -0.139. The average molecular weight is 376 g/mol. The fourth-order valence-electron chi connectivity index (χ4n) is 2.69. The van der Waals surface area contributed by atoms with E-state index >= 15 is 0 Å². The van der Waals surface area contributed by atoms with Gasteiger partial charge in [-0.2, -0.15) is 0 Å². The Labute approximate surface area is 155 Å². The summed E-state index contributed by atoms with van der Waals surface area (Å²) in [6.45, 7) is 4.17. The second-order valence-corrected chi connectivity index (χ2v) is 7.07. The predicted octanol–water partition coefficient (Wildman–Crippen LogP) is 2.79. The first-order valence-electron chi connectivity index (χ1n) is 8.29. The molecule has 3 rings (SSSR count). The fourth-order valence-corrected chi connectivity index (χ4v) is 3.51. The standard InChI is InChI=1S/C18H20N2O5S/c1-11(2)20(6-5-17(22)23)16(21)8-13-9-26-18(19-13)12-3-4-14-15(7-12)25-10-24-14/h3-4,7,9,11H,5-6,8,10H2,1-2H3,(H,22,23). The number of benzene rings is 1. The zero-order valence-corrected chi connectivity index (χ0v) is 15.4. The molecule has 0 fully saturated rings. The molecule has 0 saturated carbocycles. The summed E-state index contributed by atoms with van der Waals surface area (Å²) in [4.78, 5) is 29.4. The molecule has 7 nitrogen and oxygen atoms in total. The van der Waals surface area contributed by atoms with Crippen LogP contribution in [0.15, 0.2) is 23.6 Å². The van der Waals surface area contributed by atoms with Crippen LogP contribution in [0.25, 0.3) is 10.6 Å². The summed E-state index contributed by atoms with van der Waals surface area (Å²) in [6, 6.07) is 5.57. The lowest BCUT2D eigenvalue weighted by Gasteiger charge is -2.25. The molecule has 0 atom stereocenters. The van der Waals surface area contributed by atoms with E-state index in [1.54, 1.807) is 4.90 Å². The Morgan fingerprint density at radius 1 is 1.31 bits per heavy atom. The van der Waals surface area contributed by atoms with Crippen molar-refractivity contribution in [3.05, 3.63) is 29.3 Å². The maximum absolute atomic E-state index is 12.5. The molecule has 1 aliphatic heterocycles. The number of aliphatic carboxylic acids is 1. The van der Waals surface area contributed by atoms with Crippen molar-refractivity contribution in [3.63, 3.8) is 0 Å². The molecule has 0 saturated heterocycles. The zero-order chi connectivity index (χ0) is 18.7. The van der Waals surface area contributed by atoms with Gasteiger partial charge in [0.1, 0.15) is 5.01 Å². The van der Waals surface area contributed by atoms with Crippen LogP contribution in [0.4, 0.5) is 0 Å². The number of ether oxygens (including phenoxy) is 2. The number of rotatable bonds is 7. The number of nitrogens with zero attached hydrogens (tertiary/aromatic N) is 2. The Hall–Kier alpha value is -2.61. The molecule has 0 radical (unpaired) electrons. The molecule has 1 N–H and O–H groups in total. The highest BCUT2D eigenvalue weighted by Gasteiger charge is 2.20. The van der Waals surface area contributed by atoms with Gasteiger partial charge in [-0.1, -0.05) is 0 Å². The summed E-state index contributed by atoms with van der Waals surface area (Å²) in [5.41, 5.74) is 1.58. The van der Waals surface area contributed by atoms with E-state index in [-0.39, 0.29) is 38.1 Å². The van der Waals surface area contributed by atoms with E-state index in [1.165, 1.54) is 11.3 Å². The third kappa shape index (κ3) is 4.13. The maximum Gasteiger partial charge on any atom is 0.305 e. The van der Waals surface area contributed by atoms with Crippen molar-refractivity contribution in [2.45, 2.75) is 32.7 Å². The van der Waals surface area contributed by atoms with Gasteiger partial charge >= 0.3 is 5.97 Å². The van der Waals surface area contributed by atoms with Crippen molar-refractivity contribution in [3.8, 4) is 22.1 Å². The number of amides is 1. The Balaban J connectivity index is 1.69. The Kier molecular flexibility index (Phi) is 5.41. The minimum absolute atomic E-state index is 0.0613. The van der Waals surface area contributed by atoms with Crippen LogP contribution in [0.1, 0.15) is 26.0 Å². The summed E-state index contributed by atoms with van der Waals surface area (Å²) in [7, 11) is 0. The Morgan fingerprint density at radius 2 is 2.08 bits per heavy atom. The molecular formula is C18H20N2O5S. The Morgan fingerprint density at radius 3 is 2.81 bits per heavy atom. The van der Waals surface area contributed by atoms with Crippen molar-refractivity contribution in [2.75, 3.05) is 13.3 Å². The number of carbonyl (C=O) groups is 2. The smallest absolute Gasteiger partial charge is 0.305 e. The van der Waals surface area contributed by atoms with Crippen LogP contribution in [0.5, 0.6) is 11.5 Å². The number of hydrogen-bond acceptors (Lipinski definition) is 6. The molecule has 0 aliphatic carbocycles. The topological polar surface area (TPSA) is 89.0 Å². The third-order valence-electron chi connectivity index (χ3n) is 4.01. The van der Waals surface area contributed by atoms with Gasteiger partial charge < -0.3 is 19.5 Å². The molecule has 8 heteroatoms. The maximum atomic E-state index is 12.5. The van der Waals surface area contributed by atoms with Gasteiger partial charge in [-0.05, 0) is 32.0 Å². The van der Waals surface area contributed by atoms with Crippen LogP contribution in [-0.2, 0) is 16.0 Å². The molecule has 138 valence electrons. The first kappa shape index (κ1) is 18.2. The number of carbonyl (C=O) groups excluding carboxylic acids is 1. The van der Waals surface area contributed by atoms with Crippen molar-refractivity contribution < 1.29 is 24.2 Å². The molecule has 1 aromatic heterocycles. The van der Waals surface area contributed by atoms with Gasteiger partial charge in [-0.15, -0.1) is 11.3 Å². The first-order valence-corrected chi connectivity index (χ1v) is 9.17. The van der Waals surface area contributed by atoms with Crippen LogP contribution >= 0.6 is 11.3 Å².